The Bertz CT molecular complexity index is 453. The second-order valence-corrected chi connectivity index (χ2v) is 3.68. The molecule has 0 amide bonds. The van der Waals surface area contributed by atoms with Gasteiger partial charge in [0.25, 0.3) is 0 Å². The van der Waals surface area contributed by atoms with E-state index in [0.717, 1.165) is 0 Å². The van der Waals surface area contributed by atoms with E-state index in [-0.39, 0.29) is 18.2 Å². The van der Waals surface area contributed by atoms with Crippen molar-refractivity contribution in [2.75, 3.05) is 5.32 Å². The van der Waals surface area contributed by atoms with Gasteiger partial charge in [-0.1, -0.05) is 6.92 Å². The van der Waals surface area contributed by atoms with Gasteiger partial charge in [0.05, 0.1) is 6.42 Å². The number of aliphatic carboxylic acids is 1. The number of carboxylic acid groups (broad SMARTS) is 1. The molecule has 0 fully saturated rings. The lowest BCUT2D eigenvalue weighted by Gasteiger charge is -2.14. The van der Waals surface area contributed by atoms with Crippen molar-refractivity contribution >= 4 is 11.9 Å². The zero-order valence-corrected chi connectivity index (χ0v) is 9.77. The summed E-state index contributed by atoms with van der Waals surface area (Å²) in [5, 5.41) is 20.4. The molecule has 0 aliphatic heterocycles. The summed E-state index contributed by atoms with van der Waals surface area (Å²) in [6.07, 6.45) is 0.640. The van der Waals surface area contributed by atoms with Crippen LogP contribution in [0.4, 0.5) is 5.95 Å². The average Bonchev–Trinajstić information content (AvgIpc) is 2.26. The first-order valence-corrected chi connectivity index (χ1v) is 5.29. The number of carbonyl (C=O) groups is 1. The van der Waals surface area contributed by atoms with Gasteiger partial charge in [-0.05, 0) is 19.4 Å². The van der Waals surface area contributed by atoms with Crippen LogP contribution in [-0.2, 0) is 4.79 Å². The Morgan fingerprint density at radius 1 is 1.65 bits per heavy atom. The van der Waals surface area contributed by atoms with Crippen molar-refractivity contribution in [1.82, 2.24) is 9.97 Å². The normalized spacial score (nSPS) is 11.6. The largest absolute Gasteiger partial charge is 0.481 e. The minimum Gasteiger partial charge on any atom is -0.481 e. The van der Waals surface area contributed by atoms with Gasteiger partial charge in [0.1, 0.15) is 11.8 Å². The second-order valence-electron chi connectivity index (χ2n) is 3.68. The Morgan fingerprint density at radius 3 is 2.88 bits per heavy atom. The molecule has 0 aliphatic carbocycles. The molecule has 0 aliphatic rings. The minimum atomic E-state index is -0.877. The number of aryl methyl sites for hydroxylation is 1. The lowest BCUT2D eigenvalue weighted by molar-refractivity contribution is -0.137. The van der Waals surface area contributed by atoms with Crippen LogP contribution in [0.1, 0.15) is 31.2 Å². The number of nitrogens with one attached hydrogen (secondary N) is 1. The zero-order chi connectivity index (χ0) is 12.8. The molecule has 1 atom stereocenters. The van der Waals surface area contributed by atoms with Crippen molar-refractivity contribution in [3.8, 4) is 6.07 Å². The van der Waals surface area contributed by atoms with Gasteiger partial charge in [0.2, 0.25) is 5.95 Å². The maximum Gasteiger partial charge on any atom is 0.305 e. The minimum absolute atomic E-state index is 0.00428. The summed E-state index contributed by atoms with van der Waals surface area (Å²) < 4.78 is 0. The van der Waals surface area contributed by atoms with Gasteiger partial charge in [-0.15, -0.1) is 0 Å². The number of aromatic nitrogens is 2. The Balaban J connectivity index is 2.82. The van der Waals surface area contributed by atoms with Crippen molar-refractivity contribution in [3.63, 3.8) is 0 Å². The van der Waals surface area contributed by atoms with Crippen molar-refractivity contribution in [2.24, 2.45) is 0 Å². The Hall–Kier alpha value is -2.16. The standard InChI is InChI=1S/C11H14N4O2/c1-3-8(5-10(16)17)14-11-13-7(2)4-9(6-12)15-11/h4,8H,3,5H2,1-2H3,(H,16,17)(H,13,14,15). The van der Waals surface area contributed by atoms with Crippen LogP contribution in [0, 0.1) is 18.3 Å². The predicted molar refractivity (Wildman–Crippen MR) is 61.4 cm³/mol. The van der Waals surface area contributed by atoms with E-state index in [9.17, 15) is 4.79 Å². The zero-order valence-electron chi connectivity index (χ0n) is 9.77. The van der Waals surface area contributed by atoms with Crippen LogP contribution < -0.4 is 5.32 Å². The SMILES string of the molecule is CCC(CC(=O)O)Nc1nc(C)cc(C#N)n1. The fraction of sp³-hybridized carbons (Fsp3) is 0.455. The first-order valence-electron chi connectivity index (χ1n) is 5.29. The summed E-state index contributed by atoms with van der Waals surface area (Å²) >= 11 is 0. The highest BCUT2D eigenvalue weighted by Gasteiger charge is 2.12. The molecule has 6 heteroatoms. The molecular formula is C11H14N4O2. The lowest BCUT2D eigenvalue weighted by Crippen LogP contribution is -2.23. The van der Waals surface area contributed by atoms with Crippen LogP contribution in [0.5, 0.6) is 0 Å². The maximum atomic E-state index is 10.6. The van der Waals surface area contributed by atoms with Crippen LogP contribution in [0.25, 0.3) is 0 Å². The van der Waals surface area contributed by atoms with Gasteiger partial charge in [0, 0.05) is 11.7 Å². The average molecular weight is 234 g/mol. The van der Waals surface area contributed by atoms with E-state index < -0.39 is 5.97 Å². The van der Waals surface area contributed by atoms with Crippen LogP contribution in [0.15, 0.2) is 6.07 Å². The first-order chi connectivity index (χ1) is 8.05. The molecular weight excluding hydrogens is 220 g/mol. The highest BCUT2D eigenvalue weighted by molar-refractivity contribution is 5.68. The lowest BCUT2D eigenvalue weighted by atomic mass is 10.1. The van der Waals surface area contributed by atoms with Gasteiger partial charge < -0.3 is 10.4 Å². The number of hydrogen-bond donors (Lipinski definition) is 2. The summed E-state index contributed by atoms with van der Waals surface area (Å²) in [4.78, 5) is 18.7. The molecule has 90 valence electrons. The second kappa shape index (κ2) is 5.80. The van der Waals surface area contributed by atoms with E-state index >= 15 is 0 Å². The molecule has 6 nitrogen and oxygen atoms in total. The van der Waals surface area contributed by atoms with Gasteiger partial charge in [-0.25, -0.2) is 9.97 Å². The highest BCUT2D eigenvalue weighted by atomic mass is 16.4. The van der Waals surface area contributed by atoms with E-state index in [1.165, 1.54) is 0 Å². The summed E-state index contributed by atoms with van der Waals surface area (Å²) in [7, 11) is 0. The molecule has 1 aromatic rings. The Morgan fingerprint density at radius 2 is 2.35 bits per heavy atom. The van der Waals surface area contributed by atoms with Gasteiger partial charge in [0.15, 0.2) is 0 Å². The van der Waals surface area contributed by atoms with Crippen molar-refractivity contribution in [1.29, 1.82) is 5.26 Å². The summed E-state index contributed by atoms with van der Waals surface area (Å²) in [6, 6.07) is 3.27. The molecule has 1 aromatic heterocycles. The molecule has 0 spiro atoms. The van der Waals surface area contributed by atoms with Crippen LogP contribution in [0.3, 0.4) is 0 Å². The highest BCUT2D eigenvalue weighted by Crippen LogP contribution is 2.09. The topological polar surface area (TPSA) is 98.9 Å². The number of nitrogens with zero attached hydrogens (tertiary/aromatic N) is 3. The third kappa shape index (κ3) is 4.07. The molecule has 0 saturated heterocycles. The number of nitriles is 1. The molecule has 2 N–H and O–H groups in total. The van der Waals surface area contributed by atoms with Crippen LogP contribution in [-0.4, -0.2) is 27.1 Å². The van der Waals surface area contributed by atoms with E-state index in [1.54, 1.807) is 13.0 Å². The molecule has 1 heterocycles. The molecule has 1 unspecified atom stereocenters. The number of rotatable bonds is 5. The molecule has 17 heavy (non-hydrogen) atoms. The van der Waals surface area contributed by atoms with Crippen molar-refractivity contribution in [2.45, 2.75) is 32.7 Å². The van der Waals surface area contributed by atoms with Crippen molar-refractivity contribution in [3.05, 3.63) is 17.5 Å². The molecule has 0 radical (unpaired) electrons. The first kappa shape index (κ1) is 12.9. The molecule has 0 aromatic carbocycles. The van der Waals surface area contributed by atoms with E-state index in [4.69, 9.17) is 10.4 Å². The molecule has 0 bridgehead atoms. The van der Waals surface area contributed by atoms with Crippen LogP contribution >= 0.6 is 0 Å². The smallest absolute Gasteiger partial charge is 0.305 e. The van der Waals surface area contributed by atoms with E-state index in [1.807, 2.05) is 13.0 Å². The Labute approximate surface area is 99.3 Å². The maximum absolute atomic E-state index is 10.6. The monoisotopic (exact) mass is 234 g/mol. The van der Waals surface area contributed by atoms with Gasteiger partial charge in [-0.2, -0.15) is 5.26 Å². The molecule has 1 rings (SSSR count). The van der Waals surface area contributed by atoms with Crippen LogP contribution in [0.2, 0.25) is 0 Å². The predicted octanol–water partition coefficient (Wildman–Crippen LogP) is 1.32. The quantitative estimate of drug-likeness (QED) is 0.797. The van der Waals surface area contributed by atoms with Gasteiger partial charge >= 0.3 is 5.97 Å². The Kier molecular flexibility index (Phi) is 4.40. The third-order valence-corrected chi connectivity index (χ3v) is 2.22. The number of hydrogen-bond acceptors (Lipinski definition) is 5. The third-order valence-electron chi connectivity index (χ3n) is 2.22. The fourth-order valence-electron chi connectivity index (χ4n) is 1.38. The molecule has 0 saturated carbocycles. The van der Waals surface area contributed by atoms with E-state index in [2.05, 4.69) is 15.3 Å². The number of carboxylic acids is 1. The number of anilines is 1. The summed E-state index contributed by atoms with van der Waals surface area (Å²) in [6.45, 7) is 3.63. The fourth-order valence-corrected chi connectivity index (χ4v) is 1.38. The van der Waals surface area contributed by atoms with Gasteiger partial charge in [-0.3, -0.25) is 4.79 Å². The van der Waals surface area contributed by atoms with E-state index in [0.29, 0.717) is 18.1 Å². The van der Waals surface area contributed by atoms with Crippen molar-refractivity contribution < 1.29 is 9.90 Å². The summed E-state index contributed by atoms with van der Waals surface area (Å²) in [5.41, 5.74) is 0.939. The summed E-state index contributed by atoms with van der Waals surface area (Å²) in [5.74, 6) is -0.577.